The van der Waals surface area contributed by atoms with Gasteiger partial charge in [0.25, 0.3) is 5.91 Å². The fourth-order valence-corrected chi connectivity index (χ4v) is 3.45. The summed E-state index contributed by atoms with van der Waals surface area (Å²) in [6.45, 7) is 5.74. The van der Waals surface area contributed by atoms with Crippen molar-refractivity contribution in [2.75, 3.05) is 36.4 Å². The van der Waals surface area contributed by atoms with Crippen LogP contribution in [0.2, 0.25) is 0 Å². The van der Waals surface area contributed by atoms with E-state index in [0.29, 0.717) is 18.8 Å². The Kier molecular flexibility index (Phi) is 7.06. The van der Waals surface area contributed by atoms with Crippen LogP contribution in [-0.4, -0.2) is 55.0 Å². The Bertz CT molecular complexity index is 875. The highest BCUT2D eigenvalue weighted by molar-refractivity contribution is 5.88. The van der Waals surface area contributed by atoms with Crippen LogP contribution in [0.15, 0.2) is 54.6 Å². The second-order valence-corrected chi connectivity index (χ2v) is 7.33. The van der Waals surface area contributed by atoms with Gasteiger partial charge in [-0.1, -0.05) is 30.3 Å². The Hall–Kier alpha value is -3.35. The Morgan fingerprint density at radius 2 is 1.60 bits per heavy atom. The average Bonchev–Trinajstić information content (AvgIpc) is 2.75. The van der Waals surface area contributed by atoms with E-state index in [0.717, 1.165) is 24.3 Å². The van der Waals surface area contributed by atoms with E-state index in [1.165, 1.54) is 6.92 Å². The molecule has 0 spiro atoms. The fourth-order valence-electron chi connectivity index (χ4n) is 3.45. The molecule has 0 radical (unpaired) electrons. The minimum atomic E-state index is -0.820. The van der Waals surface area contributed by atoms with Crippen molar-refractivity contribution < 1.29 is 19.1 Å². The molecule has 2 aromatic rings. The number of esters is 1. The highest BCUT2D eigenvalue weighted by Gasteiger charge is 2.27. The number of hydrogen-bond acceptors (Lipinski definition) is 5. The van der Waals surface area contributed by atoms with Crippen molar-refractivity contribution >= 4 is 29.2 Å². The van der Waals surface area contributed by atoms with E-state index in [1.54, 1.807) is 36.1 Å². The van der Waals surface area contributed by atoms with Crippen LogP contribution in [0.5, 0.6) is 0 Å². The van der Waals surface area contributed by atoms with Crippen LogP contribution in [-0.2, 0) is 25.5 Å². The van der Waals surface area contributed by atoms with Gasteiger partial charge in [-0.15, -0.1) is 0 Å². The number of rotatable bonds is 6. The molecular formula is C23H27N3O4. The van der Waals surface area contributed by atoms with Crippen molar-refractivity contribution in [2.24, 2.45) is 0 Å². The van der Waals surface area contributed by atoms with Crippen molar-refractivity contribution in [3.63, 3.8) is 0 Å². The van der Waals surface area contributed by atoms with Crippen molar-refractivity contribution in [1.29, 1.82) is 0 Å². The molecule has 0 bridgehead atoms. The maximum atomic E-state index is 12.7. The number of nitrogens with zero attached hydrogens (tertiary/aromatic N) is 2. The lowest BCUT2D eigenvalue weighted by Gasteiger charge is -2.37. The number of hydrogen-bond donors (Lipinski definition) is 1. The third kappa shape index (κ3) is 5.83. The first-order chi connectivity index (χ1) is 14.4. The van der Waals surface area contributed by atoms with Crippen LogP contribution in [0.4, 0.5) is 11.4 Å². The summed E-state index contributed by atoms with van der Waals surface area (Å²) >= 11 is 0. The van der Waals surface area contributed by atoms with Gasteiger partial charge in [-0.3, -0.25) is 14.4 Å². The molecule has 1 heterocycles. The molecule has 1 N–H and O–H groups in total. The molecule has 2 aromatic carbocycles. The quantitative estimate of drug-likeness (QED) is 0.742. The second-order valence-electron chi connectivity index (χ2n) is 7.33. The van der Waals surface area contributed by atoms with Crippen LogP contribution in [0.3, 0.4) is 0 Å². The highest BCUT2D eigenvalue weighted by Crippen LogP contribution is 2.16. The average molecular weight is 409 g/mol. The fraction of sp³-hybridized carbons (Fsp3) is 0.348. The number of anilines is 2. The Morgan fingerprint density at radius 1 is 0.967 bits per heavy atom. The zero-order chi connectivity index (χ0) is 21.5. The summed E-state index contributed by atoms with van der Waals surface area (Å²) in [6.07, 6.45) is -0.751. The molecule has 3 rings (SSSR count). The molecule has 30 heavy (non-hydrogen) atoms. The van der Waals surface area contributed by atoms with Gasteiger partial charge < -0.3 is 19.9 Å². The van der Waals surface area contributed by atoms with Gasteiger partial charge in [0.05, 0.1) is 6.42 Å². The van der Waals surface area contributed by atoms with Gasteiger partial charge in [0.2, 0.25) is 5.91 Å². The van der Waals surface area contributed by atoms with E-state index in [9.17, 15) is 14.4 Å². The van der Waals surface area contributed by atoms with Crippen molar-refractivity contribution in [2.45, 2.75) is 26.4 Å². The molecule has 0 aromatic heterocycles. The Balaban J connectivity index is 1.46. The maximum absolute atomic E-state index is 12.7. The van der Waals surface area contributed by atoms with Gasteiger partial charge in [-0.25, -0.2) is 0 Å². The standard InChI is InChI=1S/C23H27N3O4/c1-17(30-22(28)16-19-8-10-20(11-9-19)24-18(2)27)23(29)26-14-12-25(13-15-26)21-6-4-3-5-7-21/h3-11,17H,12-16H2,1-2H3,(H,24,27)/t17-/m1/s1. The third-order valence-corrected chi connectivity index (χ3v) is 4.99. The third-order valence-electron chi connectivity index (χ3n) is 4.99. The Labute approximate surface area is 176 Å². The molecule has 1 aliphatic heterocycles. The summed E-state index contributed by atoms with van der Waals surface area (Å²) in [7, 11) is 0. The molecular weight excluding hydrogens is 382 g/mol. The summed E-state index contributed by atoms with van der Waals surface area (Å²) in [5.74, 6) is -0.776. The molecule has 7 heteroatoms. The van der Waals surface area contributed by atoms with Gasteiger partial charge in [0.15, 0.2) is 6.10 Å². The van der Waals surface area contributed by atoms with E-state index >= 15 is 0 Å². The van der Waals surface area contributed by atoms with E-state index < -0.39 is 12.1 Å². The summed E-state index contributed by atoms with van der Waals surface area (Å²) in [4.78, 5) is 40.0. The predicted molar refractivity (Wildman–Crippen MR) is 115 cm³/mol. The molecule has 1 aliphatic rings. The highest BCUT2D eigenvalue weighted by atomic mass is 16.5. The van der Waals surface area contributed by atoms with Crippen LogP contribution in [0, 0.1) is 0 Å². The normalized spacial score (nSPS) is 14.7. The van der Waals surface area contributed by atoms with Gasteiger partial charge in [-0.05, 0) is 36.8 Å². The summed E-state index contributed by atoms with van der Waals surface area (Å²) < 4.78 is 5.36. The lowest BCUT2D eigenvalue weighted by atomic mass is 10.1. The summed E-state index contributed by atoms with van der Waals surface area (Å²) in [5, 5.41) is 2.67. The van der Waals surface area contributed by atoms with Gasteiger partial charge >= 0.3 is 5.97 Å². The van der Waals surface area contributed by atoms with E-state index in [2.05, 4.69) is 22.3 Å². The van der Waals surface area contributed by atoms with Crippen molar-refractivity contribution in [3.8, 4) is 0 Å². The van der Waals surface area contributed by atoms with Crippen LogP contribution < -0.4 is 10.2 Å². The van der Waals surface area contributed by atoms with E-state index in [4.69, 9.17) is 4.74 Å². The lowest BCUT2D eigenvalue weighted by molar-refractivity contribution is -0.158. The predicted octanol–water partition coefficient (Wildman–Crippen LogP) is 2.47. The molecule has 1 saturated heterocycles. The minimum Gasteiger partial charge on any atom is -0.452 e. The molecule has 158 valence electrons. The van der Waals surface area contributed by atoms with Crippen molar-refractivity contribution in [3.05, 3.63) is 60.2 Å². The molecule has 0 saturated carbocycles. The molecule has 2 amide bonds. The molecule has 1 atom stereocenters. The zero-order valence-electron chi connectivity index (χ0n) is 17.3. The second kappa shape index (κ2) is 9.91. The van der Waals surface area contributed by atoms with Gasteiger partial charge in [0, 0.05) is 44.5 Å². The Morgan fingerprint density at radius 3 is 2.20 bits per heavy atom. The number of carbonyl (C=O) groups excluding carboxylic acids is 3. The van der Waals surface area contributed by atoms with E-state index in [-0.39, 0.29) is 18.2 Å². The number of amides is 2. The van der Waals surface area contributed by atoms with Crippen LogP contribution in [0.25, 0.3) is 0 Å². The summed E-state index contributed by atoms with van der Waals surface area (Å²) in [5.41, 5.74) is 2.57. The number of benzene rings is 2. The summed E-state index contributed by atoms with van der Waals surface area (Å²) in [6, 6.07) is 17.1. The number of carbonyl (C=O) groups is 3. The number of ether oxygens (including phenoxy) is 1. The topological polar surface area (TPSA) is 78.9 Å². The SMILES string of the molecule is CC(=O)Nc1ccc(CC(=O)O[C@H](C)C(=O)N2CCN(c3ccccc3)CC2)cc1. The maximum Gasteiger partial charge on any atom is 0.311 e. The largest absolute Gasteiger partial charge is 0.452 e. The van der Waals surface area contributed by atoms with Crippen LogP contribution in [0.1, 0.15) is 19.4 Å². The smallest absolute Gasteiger partial charge is 0.311 e. The zero-order valence-corrected chi connectivity index (χ0v) is 17.3. The van der Waals surface area contributed by atoms with Gasteiger partial charge in [0.1, 0.15) is 0 Å². The van der Waals surface area contributed by atoms with Gasteiger partial charge in [-0.2, -0.15) is 0 Å². The first-order valence-corrected chi connectivity index (χ1v) is 10.1. The monoisotopic (exact) mass is 409 g/mol. The van der Waals surface area contributed by atoms with Crippen LogP contribution >= 0.6 is 0 Å². The number of para-hydroxylation sites is 1. The molecule has 0 unspecified atom stereocenters. The molecule has 7 nitrogen and oxygen atoms in total. The first kappa shape index (κ1) is 21.4. The number of nitrogens with one attached hydrogen (secondary N) is 1. The number of piperazine rings is 1. The minimum absolute atomic E-state index is 0.0692. The van der Waals surface area contributed by atoms with E-state index in [1.807, 2.05) is 18.2 Å². The lowest BCUT2D eigenvalue weighted by Crippen LogP contribution is -2.51. The first-order valence-electron chi connectivity index (χ1n) is 10.1. The van der Waals surface area contributed by atoms with Crippen molar-refractivity contribution in [1.82, 2.24) is 4.90 Å². The molecule has 1 fully saturated rings. The molecule has 0 aliphatic carbocycles.